The average Bonchev–Trinajstić information content (AvgIpc) is 2.61. The number of H-pyrrole nitrogens is 1. The molecule has 2 heterocycles. The quantitative estimate of drug-likeness (QED) is 0.893. The van der Waals surface area contributed by atoms with E-state index in [0.29, 0.717) is 48.8 Å². The van der Waals surface area contributed by atoms with Crippen LogP contribution < -0.4 is 10.5 Å². The second-order valence-corrected chi connectivity index (χ2v) is 7.05. The number of hydrogen-bond donors (Lipinski definition) is 1. The minimum absolute atomic E-state index is 0.00931. The first-order valence-electron chi connectivity index (χ1n) is 9.22. The van der Waals surface area contributed by atoms with Crippen molar-refractivity contribution < 1.29 is 9.18 Å². The minimum Gasteiger partial charge on any atom is -0.365 e. The first-order chi connectivity index (χ1) is 12.9. The number of aromatic amines is 1. The van der Waals surface area contributed by atoms with Crippen molar-refractivity contribution in [3.8, 4) is 0 Å². The predicted octanol–water partition coefficient (Wildman–Crippen LogP) is 2.20. The Bertz CT molecular complexity index is 896. The molecule has 0 aliphatic carbocycles. The van der Waals surface area contributed by atoms with E-state index in [4.69, 9.17) is 0 Å². The molecule has 3 rings (SSSR count). The summed E-state index contributed by atoms with van der Waals surface area (Å²) in [4.78, 5) is 35.5. The number of hydrogen-bond acceptors (Lipinski definition) is 4. The number of aryl methyl sites for hydroxylation is 2. The van der Waals surface area contributed by atoms with Crippen molar-refractivity contribution in [2.75, 3.05) is 24.5 Å². The van der Waals surface area contributed by atoms with Crippen LogP contribution in [0.4, 0.5) is 10.1 Å². The molecule has 1 N–H and O–H groups in total. The lowest BCUT2D eigenvalue weighted by Gasteiger charge is -2.41. The summed E-state index contributed by atoms with van der Waals surface area (Å²) in [6.07, 6.45) is 0.631. The van der Waals surface area contributed by atoms with E-state index in [0.717, 1.165) is 0 Å². The van der Waals surface area contributed by atoms with Crippen molar-refractivity contribution in [1.29, 1.82) is 0 Å². The zero-order valence-corrected chi connectivity index (χ0v) is 16.0. The van der Waals surface area contributed by atoms with E-state index < -0.39 is 0 Å². The predicted molar refractivity (Wildman–Crippen MR) is 102 cm³/mol. The van der Waals surface area contributed by atoms with Crippen molar-refractivity contribution in [2.24, 2.45) is 0 Å². The van der Waals surface area contributed by atoms with Gasteiger partial charge in [0.25, 0.3) is 5.56 Å². The maximum absolute atomic E-state index is 14.0. The SMILES string of the molecule is Cc1nc(C)c(CCC(=O)N2CCN(c3ccccc3F)C[C@@H]2C)c(=O)[nH]1. The third-order valence-corrected chi connectivity index (χ3v) is 5.07. The largest absolute Gasteiger partial charge is 0.365 e. The highest BCUT2D eigenvalue weighted by Crippen LogP contribution is 2.22. The fourth-order valence-electron chi connectivity index (χ4n) is 3.68. The molecule has 2 aromatic rings. The van der Waals surface area contributed by atoms with E-state index in [1.807, 2.05) is 22.8 Å². The number of amides is 1. The lowest BCUT2D eigenvalue weighted by Crippen LogP contribution is -2.54. The molecular formula is C20H25FN4O2. The third-order valence-electron chi connectivity index (χ3n) is 5.07. The van der Waals surface area contributed by atoms with Crippen LogP contribution in [0.1, 0.15) is 30.4 Å². The Morgan fingerprint density at radius 3 is 2.70 bits per heavy atom. The van der Waals surface area contributed by atoms with Gasteiger partial charge in [-0.25, -0.2) is 9.37 Å². The first-order valence-corrected chi connectivity index (χ1v) is 9.22. The number of piperazine rings is 1. The summed E-state index contributed by atoms with van der Waals surface area (Å²) < 4.78 is 14.0. The summed E-state index contributed by atoms with van der Waals surface area (Å²) in [6.45, 7) is 7.20. The fraction of sp³-hybridized carbons (Fsp3) is 0.450. The van der Waals surface area contributed by atoms with Crippen LogP contribution in [-0.2, 0) is 11.2 Å². The zero-order valence-electron chi connectivity index (χ0n) is 16.0. The first kappa shape index (κ1) is 19.1. The van der Waals surface area contributed by atoms with Gasteiger partial charge in [-0.05, 0) is 39.3 Å². The standard InChI is InChI=1S/C20H25FN4O2/c1-13-12-24(18-7-5-4-6-17(18)21)10-11-25(13)19(26)9-8-16-14(2)22-15(3)23-20(16)27/h4-7,13H,8-12H2,1-3H3,(H,22,23,27)/t13-/m0/s1. The molecule has 1 aliphatic rings. The van der Waals surface area contributed by atoms with Gasteiger partial charge in [-0.1, -0.05) is 12.1 Å². The van der Waals surface area contributed by atoms with Crippen LogP contribution in [0.2, 0.25) is 0 Å². The van der Waals surface area contributed by atoms with E-state index in [2.05, 4.69) is 9.97 Å². The number of carbonyl (C=O) groups excluding carboxylic acids is 1. The number of nitrogens with one attached hydrogen (secondary N) is 1. The van der Waals surface area contributed by atoms with Gasteiger partial charge in [-0.3, -0.25) is 9.59 Å². The summed E-state index contributed by atoms with van der Waals surface area (Å²) in [5, 5.41) is 0. The van der Waals surface area contributed by atoms with E-state index in [1.165, 1.54) is 6.07 Å². The van der Waals surface area contributed by atoms with Crippen LogP contribution in [-0.4, -0.2) is 46.5 Å². The Morgan fingerprint density at radius 2 is 2.04 bits per heavy atom. The molecule has 1 saturated heterocycles. The monoisotopic (exact) mass is 372 g/mol. The number of rotatable bonds is 4. The molecule has 0 radical (unpaired) electrons. The maximum atomic E-state index is 14.0. The molecule has 7 heteroatoms. The van der Waals surface area contributed by atoms with Gasteiger partial charge in [0.2, 0.25) is 5.91 Å². The third kappa shape index (κ3) is 4.18. The minimum atomic E-state index is -0.244. The number of carbonyl (C=O) groups is 1. The van der Waals surface area contributed by atoms with Crippen molar-refractivity contribution in [3.05, 3.63) is 57.5 Å². The highest BCUT2D eigenvalue weighted by molar-refractivity contribution is 5.77. The van der Waals surface area contributed by atoms with Crippen LogP contribution in [0.25, 0.3) is 0 Å². The maximum Gasteiger partial charge on any atom is 0.254 e. The van der Waals surface area contributed by atoms with Crippen LogP contribution in [0, 0.1) is 19.7 Å². The topological polar surface area (TPSA) is 69.3 Å². The molecule has 1 aromatic heterocycles. The molecule has 6 nitrogen and oxygen atoms in total. The van der Waals surface area contributed by atoms with Crippen molar-refractivity contribution in [1.82, 2.24) is 14.9 Å². The van der Waals surface area contributed by atoms with E-state index in [-0.39, 0.29) is 29.7 Å². The highest BCUT2D eigenvalue weighted by atomic mass is 19.1. The fourth-order valence-corrected chi connectivity index (χ4v) is 3.68. The smallest absolute Gasteiger partial charge is 0.254 e. The van der Waals surface area contributed by atoms with Gasteiger partial charge in [0.1, 0.15) is 11.6 Å². The normalized spacial score (nSPS) is 17.3. The lowest BCUT2D eigenvalue weighted by atomic mass is 10.1. The number of benzene rings is 1. The molecule has 144 valence electrons. The molecule has 1 fully saturated rings. The van der Waals surface area contributed by atoms with Gasteiger partial charge < -0.3 is 14.8 Å². The number of anilines is 1. The number of halogens is 1. The lowest BCUT2D eigenvalue weighted by molar-refractivity contribution is -0.133. The number of nitrogens with zero attached hydrogens (tertiary/aromatic N) is 3. The van der Waals surface area contributed by atoms with Crippen LogP contribution in [0.5, 0.6) is 0 Å². The summed E-state index contributed by atoms with van der Waals surface area (Å²) in [5.74, 6) is 0.339. The van der Waals surface area contributed by atoms with Gasteiger partial charge in [0.15, 0.2) is 0 Å². The molecule has 0 unspecified atom stereocenters. The van der Waals surface area contributed by atoms with Crippen molar-refractivity contribution in [3.63, 3.8) is 0 Å². The van der Waals surface area contributed by atoms with Crippen LogP contribution in [0.3, 0.4) is 0 Å². The second-order valence-electron chi connectivity index (χ2n) is 7.05. The molecule has 1 atom stereocenters. The summed E-state index contributed by atoms with van der Waals surface area (Å²) >= 11 is 0. The van der Waals surface area contributed by atoms with Gasteiger partial charge in [0.05, 0.1) is 5.69 Å². The summed E-state index contributed by atoms with van der Waals surface area (Å²) in [7, 11) is 0. The number of para-hydroxylation sites is 1. The van der Waals surface area contributed by atoms with Crippen LogP contribution >= 0.6 is 0 Å². The average molecular weight is 372 g/mol. The Labute approximate surface area is 158 Å². The molecule has 0 bridgehead atoms. The molecule has 0 spiro atoms. The van der Waals surface area contributed by atoms with Crippen LogP contribution in [0.15, 0.2) is 29.1 Å². The Morgan fingerprint density at radius 1 is 1.30 bits per heavy atom. The molecular weight excluding hydrogens is 347 g/mol. The number of aromatic nitrogens is 2. The van der Waals surface area contributed by atoms with Gasteiger partial charge in [0, 0.05) is 43.4 Å². The Hall–Kier alpha value is -2.70. The molecule has 1 aliphatic heterocycles. The molecule has 0 saturated carbocycles. The molecule has 1 aromatic carbocycles. The summed E-state index contributed by atoms with van der Waals surface area (Å²) in [5.41, 5.74) is 1.63. The van der Waals surface area contributed by atoms with Crippen molar-refractivity contribution >= 4 is 11.6 Å². The van der Waals surface area contributed by atoms with Crippen molar-refractivity contribution in [2.45, 2.75) is 39.7 Å². The Kier molecular flexibility index (Phi) is 5.58. The Balaban J connectivity index is 1.62. The second kappa shape index (κ2) is 7.90. The summed E-state index contributed by atoms with van der Waals surface area (Å²) in [6, 6.07) is 6.68. The molecule has 27 heavy (non-hydrogen) atoms. The van der Waals surface area contributed by atoms with Gasteiger partial charge in [-0.2, -0.15) is 0 Å². The van der Waals surface area contributed by atoms with Gasteiger partial charge >= 0.3 is 0 Å². The zero-order chi connectivity index (χ0) is 19.6. The molecule has 1 amide bonds. The van der Waals surface area contributed by atoms with E-state index in [9.17, 15) is 14.0 Å². The van der Waals surface area contributed by atoms with E-state index >= 15 is 0 Å². The van der Waals surface area contributed by atoms with E-state index in [1.54, 1.807) is 26.0 Å². The van der Waals surface area contributed by atoms with Gasteiger partial charge in [-0.15, -0.1) is 0 Å². The highest BCUT2D eigenvalue weighted by Gasteiger charge is 2.28.